The molecule has 3 atom stereocenters. The second kappa shape index (κ2) is 7.00. The fraction of sp³-hybridized carbons (Fsp3) is 0.929. The van der Waals surface area contributed by atoms with Crippen molar-refractivity contribution in [1.29, 1.82) is 0 Å². The van der Waals surface area contributed by atoms with Gasteiger partial charge in [-0.25, -0.2) is 0 Å². The maximum atomic E-state index is 10.6. The van der Waals surface area contributed by atoms with E-state index in [1.54, 1.807) is 0 Å². The van der Waals surface area contributed by atoms with Crippen LogP contribution in [-0.4, -0.2) is 17.1 Å². The van der Waals surface area contributed by atoms with Crippen molar-refractivity contribution in [3.8, 4) is 0 Å². The summed E-state index contributed by atoms with van der Waals surface area (Å²) in [6.07, 6.45) is 8.14. The van der Waals surface area contributed by atoms with Crippen LogP contribution in [0.2, 0.25) is 0 Å². The van der Waals surface area contributed by atoms with Crippen LogP contribution >= 0.6 is 0 Å². The molecule has 0 heterocycles. The van der Waals surface area contributed by atoms with Crippen molar-refractivity contribution in [3.63, 3.8) is 0 Å². The lowest BCUT2D eigenvalue weighted by Crippen LogP contribution is -2.35. The average Bonchev–Trinajstić information content (AvgIpc) is 2.28. The van der Waals surface area contributed by atoms with Crippen LogP contribution in [-0.2, 0) is 4.79 Å². The van der Waals surface area contributed by atoms with E-state index >= 15 is 0 Å². The summed E-state index contributed by atoms with van der Waals surface area (Å²) in [7, 11) is 0. The molecule has 0 bridgehead atoms. The van der Waals surface area contributed by atoms with Gasteiger partial charge < -0.3 is 10.8 Å². The predicted octanol–water partition coefficient (Wildman–Crippen LogP) is 3.03. The van der Waals surface area contributed by atoms with Crippen LogP contribution in [0.4, 0.5) is 0 Å². The predicted molar refractivity (Wildman–Crippen MR) is 69.7 cm³/mol. The highest BCUT2D eigenvalue weighted by molar-refractivity contribution is 5.67. The fourth-order valence-corrected chi connectivity index (χ4v) is 2.97. The average molecular weight is 241 g/mol. The summed E-state index contributed by atoms with van der Waals surface area (Å²) in [6.45, 7) is 4.32. The molecule has 100 valence electrons. The van der Waals surface area contributed by atoms with Gasteiger partial charge in [-0.05, 0) is 24.2 Å². The quantitative estimate of drug-likeness (QED) is 0.751. The van der Waals surface area contributed by atoms with E-state index in [9.17, 15) is 4.79 Å². The monoisotopic (exact) mass is 241 g/mol. The molecule has 0 amide bonds. The lowest BCUT2D eigenvalue weighted by Gasteiger charge is -2.30. The smallest absolute Gasteiger partial charge is 0.304 e. The normalized spacial score (nSPS) is 23.0. The topological polar surface area (TPSA) is 63.3 Å². The van der Waals surface area contributed by atoms with E-state index in [2.05, 4.69) is 13.8 Å². The van der Waals surface area contributed by atoms with Crippen LogP contribution in [0.25, 0.3) is 0 Å². The van der Waals surface area contributed by atoms with Crippen LogP contribution in [0.15, 0.2) is 0 Å². The van der Waals surface area contributed by atoms with Gasteiger partial charge in [0.2, 0.25) is 0 Å². The highest BCUT2D eigenvalue weighted by atomic mass is 16.4. The second-order valence-corrected chi connectivity index (χ2v) is 5.84. The number of carboxylic acids is 1. The molecule has 0 spiro atoms. The summed E-state index contributed by atoms with van der Waals surface area (Å²) >= 11 is 0. The highest BCUT2D eigenvalue weighted by Gasteiger charge is 2.24. The zero-order valence-corrected chi connectivity index (χ0v) is 11.2. The van der Waals surface area contributed by atoms with E-state index in [1.165, 1.54) is 38.5 Å². The third kappa shape index (κ3) is 5.07. The van der Waals surface area contributed by atoms with Crippen molar-refractivity contribution in [2.24, 2.45) is 23.5 Å². The molecule has 1 aliphatic carbocycles. The Morgan fingerprint density at radius 1 is 1.29 bits per heavy atom. The van der Waals surface area contributed by atoms with E-state index in [4.69, 9.17) is 10.8 Å². The summed E-state index contributed by atoms with van der Waals surface area (Å²) in [5.41, 5.74) is 5.94. The number of carboxylic acid groups (broad SMARTS) is 1. The molecule has 17 heavy (non-hydrogen) atoms. The molecule has 3 heteroatoms. The molecule has 0 aromatic rings. The minimum atomic E-state index is -0.783. The van der Waals surface area contributed by atoms with Gasteiger partial charge in [0, 0.05) is 6.04 Å². The SMILES string of the molecule is CC(CC1CCCCC1)C(C)C(N)CC(=O)O. The van der Waals surface area contributed by atoms with Crippen molar-refractivity contribution < 1.29 is 9.90 Å². The standard InChI is InChI=1S/C14H27NO2/c1-10(8-12-6-4-3-5-7-12)11(2)13(15)9-14(16)17/h10-13H,3-9,15H2,1-2H3,(H,16,17). The Morgan fingerprint density at radius 2 is 1.88 bits per heavy atom. The van der Waals surface area contributed by atoms with Gasteiger partial charge in [0.1, 0.15) is 0 Å². The lowest BCUT2D eigenvalue weighted by atomic mass is 9.77. The zero-order chi connectivity index (χ0) is 12.8. The zero-order valence-electron chi connectivity index (χ0n) is 11.2. The second-order valence-electron chi connectivity index (χ2n) is 5.84. The van der Waals surface area contributed by atoms with Gasteiger partial charge in [-0.2, -0.15) is 0 Å². The Bertz CT molecular complexity index is 236. The number of rotatable bonds is 6. The summed E-state index contributed by atoms with van der Waals surface area (Å²) < 4.78 is 0. The van der Waals surface area contributed by atoms with Gasteiger partial charge in [0.25, 0.3) is 0 Å². The van der Waals surface area contributed by atoms with Crippen molar-refractivity contribution >= 4 is 5.97 Å². The van der Waals surface area contributed by atoms with Gasteiger partial charge in [-0.3, -0.25) is 4.79 Å². The first-order valence-corrected chi connectivity index (χ1v) is 6.98. The van der Waals surface area contributed by atoms with E-state index in [0.29, 0.717) is 11.8 Å². The molecule has 0 aromatic heterocycles. The number of hydrogen-bond acceptors (Lipinski definition) is 2. The molecule has 3 unspecified atom stereocenters. The third-order valence-electron chi connectivity index (χ3n) is 4.41. The Kier molecular flexibility index (Phi) is 5.96. The molecule has 1 saturated carbocycles. The van der Waals surface area contributed by atoms with Gasteiger partial charge >= 0.3 is 5.97 Å². The Hall–Kier alpha value is -0.570. The maximum Gasteiger partial charge on any atom is 0.304 e. The Labute approximate surface area is 105 Å². The number of hydrogen-bond donors (Lipinski definition) is 2. The summed E-state index contributed by atoms with van der Waals surface area (Å²) in [5, 5.41) is 8.76. The summed E-state index contributed by atoms with van der Waals surface area (Å²) in [4.78, 5) is 10.6. The van der Waals surface area contributed by atoms with Crippen LogP contribution in [0.1, 0.15) is 58.8 Å². The molecule has 0 radical (unpaired) electrons. The van der Waals surface area contributed by atoms with Gasteiger partial charge in [-0.15, -0.1) is 0 Å². The first-order chi connectivity index (χ1) is 8.00. The molecule has 0 saturated heterocycles. The molecular weight excluding hydrogens is 214 g/mol. The fourth-order valence-electron chi connectivity index (χ4n) is 2.97. The molecule has 3 N–H and O–H groups in total. The van der Waals surface area contributed by atoms with Crippen molar-refractivity contribution in [2.45, 2.75) is 64.8 Å². The molecule has 0 aromatic carbocycles. The molecule has 3 nitrogen and oxygen atoms in total. The third-order valence-corrected chi connectivity index (χ3v) is 4.41. The van der Waals surface area contributed by atoms with Gasteiger partial charge in [-0.1, -0.05) is 46.0 Å². The van der Waals surface area contributed by atoms with Crippen LogP contribution < -0.4 is 5.73 Å². The molecular formula is C14H27NO2. The highest BCUT2D eigenvalue weighted by Crippen LogP contribution is 2.32. The number of carbonyl (C=O) groups is 1. The number of aliphatic carboxylic acids is 1. The molecule has 1 rings (SSSR count). The minimum absolute atomic E-state index is 0.0934. The van der Waals surface area contributed by atoms with Crippen LogP contribution in [0.3, 0.4) is 0 Å². The van der Waals surface area contributed by atoms with E-state index < -0.39 is 5.97 Å². The molecule has 1 fully saturated rings. The Balaban J connectivity index is 2.34. The summed E-state index contributed by atoms with van der Waals surface area (Å²) in [6, 6.07) is -0.203. The van der Waals surface area contributed by atoms with Crippen LogP contribution in [0.5, 0.6) is 0 Å². The van der Waals surface area contributed by atoms with Gasteiger partial charge in [0.05, 0.1) is 6.42 Å². The maximum absolute atomic E-state index is 10.6. The van der Waals surface area contributed by atoms with Crippen molar-refractivity contribution in [3.05, 3.63) is 0 Å². The largest absolute Gasteiger partial charge is 0.481 e. The van der Waals surface area contributed by atoms with E-state index in [1.807, 2.05) is 0 Å². The van der Waals surface area contributed by atoms with Crippen molar-refractivity contribution in [1.82, 2.24) is 0 Å². The van der Waals surface area contributed by atoms with Gasteiger partial charge in [0.15, 0.2) is 0 Å². The Morgan fingerprint density at radius 3 is 2.41 bits per heavy atom. The minimum Gasteiger partial charge on any atom is -0.481 e. The lowest BCUT2D eigenvalue weighted by molar-refractivity contribution is -0.137. The molecule has 1 aliphatic rings. The first kappa shape index (κ1) is 14.5. The summed E-state index contributed by atoms with van der Waals surface area (Å²) in [5.74, 6) is 0.896. The molecule has 0 aliphatic heterocycles. The van der Waals surface area contributed by atoms with Crippen molar-refractivity contribution in [2.75, 3.05) is 0 Å². The van der Waals surface area contributed by atoms with E-state index in [0.717, 1.165) is 5.92 Å². The van der Waals surface area contributed by atoms with Crippen LogP contribution in [0, 0.1) is 17.8 Å². The van der Waals surface area contributed by atoms with E-state index in [-0.39, 0.29) is 12.5 Å². The number of nitrogens with two attached hydrogens (primary N) is 1. The first-order valence-electron chi connectivity index (χ1n) is 6.98.